The van der Waals surface area contributed by atoms with E-state index in [1.165, 1.54) is 16.1 Å². The molecule has 1 aromatic carbocycles. The number of thiazole rings is 1. The molecule has 4 nitrogen and oxygen atoms in total. The molecule has 0 aliphatic rings. The maximum atomic E-state index is 4.56. The largest absolute Gasteiger partial charge is 0.351 e. The number of nitrogens with zero attached hydrogens (tertiary/aromatic N) is 2. The van der Waals surface area contributed by atoms with E-state index < -0.39 is 0 Å². The van der Waals surface area contributed by atoms with Crippen LogP contribution in [0.25, 0.3) is 0 Å². The zero-order chi connectivity index (χ0) is 15.9. The fourth-order valence-corrected chi connectivity index (χ4v) is 3.06. The Morgan fingerprint density at radius 2 is 2.09 bits per heavy atom. The van der Waals surface area contributed by atoms with Gasteiger partial charge < -0.3 is 10.6 Å². The minimum atomic E-state index is 0. The average molecular weight is 444 g/mol. The Kier molecular flexibility index (Phi) is 8.54. The SMILES string of the molecule is CCc1nc(CNC(=NC)NC(C)c2ccccc2C)cs1.I. The van der Waals surface area contributed by atoms with Crippen LogP contribution in [0, 0.1) is 6.92 Å². The second-order valence-electron chi connectivity index (χ2n) is 5.23. The van der Waals surface area contributed by atoms with Crippen molar-refractivity contribution in [2.24, 2.45) is 4.99 Å². The van der Waals surface area contributed by atoms with Crippen molar-refractivity contribution in [2.45, 2.75) is 39.8 Å². The third-order valence-corrected chi connectivity index (χ3v) is 4.61. The van der Waals surface area contributed by atoms with Crippen molar-refractivity contribution < 1.29 is 0 Å². The lowest BCUT2D eigenvalue weighted by molar-refractivity contribution is 0.679. The van der Waals surface area contributed by atoms with E-state index in [4.69, 9.17) is 0 Å². The molecule has 6 heteroatoms. The zero-order valence-electron chi connectivity index (χ0n) is 14.1. The van der Waals surface area contributed by atoms with Gasteiger partial charge in [0, 0.05) is 12.4 Å². The molecule has 23 heavy (non-hydrogen) atoms. The van der Waals surface area contributed by atoms with E-state index in [0.717, 1.165) is 18.1 Å². The average Bonchev–Trinajstić information content (AvgIpc) is 2.99. The summed E-state index contributed by atoms with van der Waals surface area (Å²) < 4.78 is 0. The number of aliphatic imine (C=N–C) groups is 1. The molecule has 0 fully saturated rings. The predicted octanol–water partition coefficient (Wildman–Crippen LogP) is 4.06. The van der Waals surface area contributed by atoms with Gasteiger partial charge in [0.25, 0.3) is 0 Å². The van der Waals surface area contributed by atoms with Crippen molar-refractivity contribution in [1.82, 2.24) is 15.6 Å². The highest BCUT2D eigenvalue weighted by Gasteiger charge is 2.10. The van der Waals surface area contributed by atoms with Crippen LogP contribution in [0.4, 0.5) is 0 Å². The van der Waals surface area contributed by atoms with Crippen LogP contribution in [-0.4, -0.2) is 18.0 Å². The van der Waals surface area contributed by atoms with Crippen molar-refractivity contribution >= 4 is 41.3 Å². The number of hydrogen-bond acceptors (Lipinski definition) is 3. The minimum Gasteiger partial charge on any atom is -0.351 e. The number of halogens is 1. The molecule has 0 saturated carbocycles. The quantitative estimate of drug-likeness (QED) is 0.416. The van der Waals surface area contributed by atoms with Gasteiger partial charge in [-0.05, 0) is 31.4 Å². The van der Waals surface area contributed by atoms with Crippen LogP contribution in [0.15, 0.2) is 34.6 Å². The van der Waals surface area contributed by atoms with Gasteiger partial charge in [0.1, 0.15) is 0 Å². The van der Waals surface area contributed by atoms with Crippen LogP contribution in [0.5, 0.6) is 0 Å². The molecule has 0 aliphatic heterocycles. The standard InChI is InChI=1S/C17H24N4S.HI/c1-5-16-21-14(11-22-16)10-19-17(18-4)20-13(3)15-9-7-6-8-12(15)2;/h6-9,11,13H,5,10H2,1-4H3,(H2,18,19,20);1H. The summed E-state index contributed by atoms with van der Waals surface area (Å²) in [6.45, 7) is 7.09. The highest BCUT2D eigenvalue weighted by atomic mass is 127. The van der Waals surface area contributed by atoms with Crippen LogP contribution in [0.3, 0.4) is 0 Å². The molecule has 1 unspecified atom stereocenters. The number of aryl methyl sites for hydroxylation is 2. The third-order valence-electron chi connectivity index (χ3n) is 3.57. The van der Waals surface area contributed by atoms with E-state index in [9.17, 15) is 0 Å². The maximum absolute atomic E-state index is 4.56. The van der Waals surface area contributed by atoms with E-state index in [1.807, 2.05) is 0 Å². The van der Waals surface area contributed by atoms with Crippen LogP contribution in [-0.2, 0) is 13.0 Å². The lowest BCUT2D eigenvalue weighted by atomic mass is 10.0. The first-order valence-electron chi connectivity index (χ1n) is 7.60. The number of rotatable bonds is 5. The predicted molar refractivity (Wildman–Crippen MR) is 110 cm³/mol. The van der Waals surface area contributed by atoms with Crippen molar-refractivity contribution in [3.8, 4) is 0 Å². The molecule has 2 rings (SSSR count). The van der Waals surface area contributed by atoms with E-state index in [2.05, 4.69) is 71.0 Å². The van der Waals surface area contributed by atoms with Crippen molar-refractivity contribution in [3.63, 3.8) is 0 Å². The summed E-state index contributed by atoms with van der Waals surface area (Å²) in [4.78, 5) is 8.85. The number of nitrogens with one attached hydrogen (secondary N) is 2. The Hall–Kier alpha value is -1.15. The first kappa shape index (κ1) is 19.9. The summed E-state index contributed by atoms with van der Waals surface area (Å²) in [6, 6.07) is 8.61. The van der Waals surface area contributed by atoms with Crippen molar-refractivity contribution in [1.29, 1.82) is 0 Å². The van der Waals surface area contributed by atoms with Crippen LogP contribution in [0.2, 0.25) is 0 Å². The van der Waals surface area contributed by atoms with E-state index in [1.54, 1.807) is 18.4 Å². The van der Waals surface area contributed by atoms with Gasteiger partial charge in [-0.15, -0.1) is 35.3 Å². The highest BCUT2D eigenvalue weighted by molar-refractivity contribution is 14.0. The molecule has 0 radical (unpaired) electrons. The molecular formula is C17H25IN4S. The van der Waals surface area contributed by atoms with Gasteiger partial charge >= 0.3 is 0 Å². The summed E-state index contributed by atoms with van der Waals surface area (Å²) in [5.41, 5.74) is 3.63. The third kappa shape index (κ3) is 5.76. The molecule has 0 aliphatic carbocycles. The molecule has 126 valence electrons. The maximum Gasteiger partial charge on any atom is 0.191 e. The Morgan fingerprint density at radius 1 is 1.35 bits per heavy atom. The number of guanidine groups is 1. The van der Waals surface area contributed by atoms with Gasteiger partial charge in [0.05, 0.1) is 23.3 Å². The lowest BCUT2D eigenvalue weighted by Gasteiger charge is -2.19. The zero-order valence-corrected chi connectivity index (χ0v) is 17.2. The summed E-state index contributed by atoms with van der Waals surface area (Å²) in [7, 11) is 1.79. The molecular weight excluding hydrogens is 419 g/mol. The van der Waals surface area contributed by atoms with Crippen LogP contribution < -0.4 is 10.6 Å². The van der Waals surface area contributed by atoms with Crippen molar-refractivity contribution in [3.05, 3.63) is 51.5 Å². The topological polar surface area (TPSA) is 49.3 Å². The molecule has 2 aromatic rings. The van der Waals surface area contributed by atoms with Crippen molar-refractivity contribution in [2.75, 3.05) is 7.05 Å². The van der Waals surface area contributed by atoms with Gasteiger partial charge in [0.2, 0.25) is 0 Å². The van der Waals surface area contributed by atoms with Gasteiger partial charge in [-0.2, -0.15) is 0 Å². The van der Waals surface area contributed by atoms with Crippen LogP contribution in [0.1, 0.15) is 41.7 Å². The van der Waals surface area contributed by atoms with Crippen LogP contribution >= 0.6 is 35.3 Å². The molecule has 0 amide bonds. The number of aromatic nitrogens is 1. The summed E-state index contributed by atoms with van der Waals surface area (Å²) in [5.74, 6) is 0.793. The molecule has 0 saturated heterocycles. The highest BCUT2D eigenvalue weighted by Crippen LogP contribution is 2.16. The molecule has 1 aromatic heterocycles. The first-order chi connectivity index (χ1) is 10.6. The van der Waals surface area contributed by atoms with Gasteiger partial charge in [-0.3, -0.25) is 4.99 Å². The molecule has 0 bridgehead atoms. The number of benzene rings is 1. The molecule has 2 N–H and O–H groups in total. The molecule has 0 spiro atoms. The summed E-state index contributed by atoms with van der Waals surface area (Å²) in [5, 5.41) is 10.0. The minimum absolute atomic E-state index is 0. The first-order valence-corrected chi connectivity index (χ1v) is 8.48. The van der Waals surface area contributed by atoms with Gasteiger partial charge in [-0.1, -0.05) is 31.2 Å². The fraction of sp³-hybridized carbons (Fsp3) is 0.412. The monoisotopic (exact) mass is 444 g/mol. The van der Waals surface area contributed by atoms with E-state index in [0.29, 0.717) is 6.54 Å². The second kappa shape index (κ2) is 9.87. The van der Waals surface area contributed by atoms with Gasteiger partial charge in [0.15, 0.2) is 5.96 Å². The van der Waals surface area contributed by atoms with E-state index >= 15 is 0 Å². The number of hydrogen-bond donors (Lipinski definition) is 2. The smallest absolute Gasteiger partial charge is 0.191 e. The van der Waals surface area contributed by atoms with Gasteiger partial charge in [-0.25, -0.2) is 4.98 Å². The Balaban J connectivity index is 0.00000264. The molecule has 1 heterocycles. The van der Waals surface area contributed by atoms with E-state index in [-0.39, 0.29) is 30.0 Å². The second-order valence-corrected chi connectivity index (χ2v) is 6.18. The Bertz CT molecular complexity index is 639. The lowest BCUT2D eigenvalue weighted by Crippen LogP contribution is -2.38. The fourth-order valence-electron chi connectivity index (χ4n) is 2.32. The summed E-state index contributed by atoms with van der Waals surface area (Å²) in [6.07, 6.45) is 0.988. The summed E-state index contributed by atoms with van der Waals surface area (Å²) >= 11 is 1.71. The molecule has 1 atom stereocenters. The Labute approximate surface area is 159 Å². The normalized spacial score (nSPS) is 12.4. The Morgan fingerprint density at radius 3 is 2.70 bits per heavy atom.